The number of benzene rings is 2. The minimum atomic E-state index is -0.118. The number of fused-ring (bicyclic) bond motifs is 2. The number of anilines is 2. The first-order chi connectivity index (χ1) is 13.2. The zero-order valence-corrected chi connectivity index (χ0v) is 14.9. The number of nitrogens with one attached hydrogen (secondary N) is 2. The molecule has 1 amide bonds. The van der Waals surface area contributed by atoms with Crippen LogP contribution in [-0.4, -0.2) is 49.4 Å². The van der Waals surface area contributed by atoms with Gasteiger partial charge in [0.25, 0.3) is 5.91 Å². The first-order valence-corrected chi connectivity index (χ1v) is 9.23. The molecule has 3 aliphatic heterocycles. The van der Waals surface area contributed by atoms with Crippen LogP contribution in [0.4, 0.5) is 11.4 Å². The minimum absolute atomic E-state index is 0.113. The normalized spacial score (nSPS) is 22.0. The highest BCUT2D eigenvalue weighted by atomic mass is 16.2. The molecule has 1 saturated heterocycles. The molecule has 6 nitrogen and oxygen atoms in total. The number of piperazine rings is 1. The summed E-state index contributed by atoms with van der Waals surface area (Å²) in [5, 5.41) is 6.51. The van der Waals surface area contributed by atoms with Gasteiger partial charge in [0.15, 0.2) is 0 Å². The summed E-state index contributed by atoms with van der Waals surface area (Å²) in [6.45, 7) is 4.19. The number of ketones is 1. The van der Waals surface area contributed by atoms with Crippen molar-refractivity contribution in [3.63, 3.8) is 0 Å². The van der Waals surface area contributed by atoms with Crippen LogP contribution in [0, 0.1) is 0 Å². The van der Waals surface area contributed by atoms with Crippen molar-refractivity contribution in [3.8, 4) is 0 Å². The molecule has 27 heavy (non-hydrogen) atoms. The molecule has 2 aromatic carbocycles. The summed E-state index contributed by atoms with van der Waals surface area (Å²) in [6.07, 6.45) is 0. The topological polar surface area (TPSA) is 64.7 Å². The molecule has 0 radical (unpaired) electrons. The molecule has 3 aliphatic rings. The summed E-state index contributed by atoms with van der Waals surface area (Å²) >= 11 is 0. The minimum Gasteiger partial charge on any atom is -0.351 e. The number of rotatable bonds is 2. The lowest BCUT2D eigenvalue weighted by Gasteiger charge is -2.31. The molecule has 0 aliphatic carbocycles. The largest absolute Gasteiger partial charge is 0.351 e. The molecule has 0 atom stereocenters. The number of hydrogen-bond acceptors (Lipinski definition) is 5. The smallest absolute Gasteiger partial charge is 0.262 e. The Labute approximate surface area is 157 Å². The first kappa shape index (κ1) is 16.2. The van der Waals surface area contributed by atoms with Gasteiger partial charge in [-0.25, -0.2) is 0 Å². The first-order valence-electron chi connectivity index (χ1n) is 9.23. The van der Waals surface area contributed by atoms with Crippen molar-refractivity contribution < 1.29 is 9.59 Å². The third kappa shape index (κ3) is 2.57. The van der Waals surface area contributed by atoms with Crippen LogP contribution < -0.4 is 15.5 Å². The van der Waals surface area contributed by atoms with Crippen molar-refractivity contribution >= 4 is 28.6 Å². The Morgan fingerprint density at radius 3 is 2.37 bits per heavy atom. The number of amides is 1. The molecule has 2 N–H and O–H groups in total. The Kier molecular flexibility index (Phi) is 3.81. The highest BCUT2D eigenvalue weighted by Gasteiger charge is 2.39. The van der Waals surface area contributed by atoms with Gasteiger partial charge in [-0.15, -0.1) is 0 Å². The molecule has 0 spiro atoms. The van der Waals surface area contributed by atoms with E-state index in [0.717, 1.165) is 43.1 Å². The van der Waals surface area contributed by atoms with E-state index >= 15 is 0 Å². The maximum atomic E-state index is 13.4. The maximum Gasteiger partial charge on any atom is 0.262 e. The lowest BCUT2D eigenvalue weighted by molar-refractivity contribution is -0.113. The predicted octanol–water partition coefficient (Wildman–Crippen LogP) is 1.92. The lowest BCUT2D eigenvalue weighted by Crippen LogP contribution is -2.49. The summed E-state index contributed by atoms with van der Waals surface area (Å²) in [5.74, 6) is -0.230. The summed E-state index contributed by atoms with van der Waals surface area (Å²) in [5.41, 5.74) is 3.93. The van der Waals surface area contributed by atoms with Crippen LogP contribution in [0.2, 0.25) is 0 Å². The second-order valence-corrected chi connectivity index (χ2v) is 7.01. The van der Waals surface area contributed by atoms with Crippen molar-refractivity contribution in [2.75, 3.05) is 43.1 Å². The second-order valence-electron chi connectivity index (χ2n) is 7.01. The van der Waals surface area contributed by atoms with E-state index in [1.165, 1.54) is 0 Å². The summed E-state index contributed by atoms with van der Waals surface area (Å²) in [6, 6.07) is 15.1. The number of Topliss-reactive ketones (excluding diaryl/α,β-unsaturated/α-hetero) is 1. The molecule has 5 rings (SSSR count). The van der Waals surface area contributed by atoms with E-state index in [1.807, 2.05) is 42.5 Å². The quantitative estimate of drug-likeness (QED) is 0.801. The van der Waals surface area contributed by atoms with Gasteiger partial charge < -0.3 is 10.6 Å². The molecule has 0 aromatic heterocycles. The number of carbonyl (C=O) groups is 2. The van der Waals surface area contributed by atoms with E-state index in [0.29, 0.717) is 23.5 Å². The maximum absolute atomic E-state index is 13.4. The van der Waals surface area contributed by atoms with Gasteiger partial charge in [0.1, 0.15) is 5.70 Å². The Balaban J connectivity index is 1.56. The predicted molar refractivity (Wildman–Crippen MR) is 105 cm³/mol. The fraction of sp³-hybridized carbons (Fsp3) is 0.238. The van der Waals surface area contributed by atoms with E-state index in [9.17, 15) is 9.59 Å². The van der Waals surface area contributed by atoms with Crippen LogP contribution >= 0.6 is 0 Å². The van der Waals surface area contributed by atoms with Gasteiger partial charge in [-0.1, -0.05) is 30.3 Å². The molecular weight excluding hydrogens is 340 g/mol. The van der Waals surface area contributed by atoms with Gasteiger partial charge in [-0.05, 0) is 18.2 Å². The fourth-order valence-corrected chi connectivity index (χ4v) is 4.01. The molecule has 6 heteroatoms. The fourth-order valence-electron chi connectivity index (χ4n) is 4.01. The van der Waals surface area contributed by atoms with E-state index in [-0.39, 0.29) is 11.7 Å². The molecular formula is C21H20N4O2. The van der Waals surface area contributed by atoms with E-state index in [2.05, 4.69) is 15.5 Å². The van der Waals surface area contributed by atoms with Crippen LogP contribution in [0.3, 0.4) is 0 Å². The number of allylic oxidation sites excluding steroid dienone is 1. The van der Waals surface area contributed by atoms with Gasteiger partial charge in [-0.3, -0.25) is 19.4 Å². The van der Waals surface area contributed by atoms with Crippen LogP contribution in [0.5, 0.6) is 0 Å². The summed E-state index contributed by atoms with van der Waals surface area (Å²) < 4.78 is 0. The number of para-hydroxylation sites is 2. The van der Waals surface area contributed by atoms with Crippen LogP contribution in [0.1, 0.15) is 15.9 Å². The van der Waals surface area contributed by atoms with E-state index < -0.39 is 0 Å². The summed E-state index contributed by atoms with van der Waals surface area (Å²) in [4.78, 5) is 30.3. The monoisotopic (exact) mass is 360 g/mol. The summed E-state index contributed by atoms with van der Waals surface area (Å²) in [7, 11) is 0. The van der Waals surface area contributed by atoms with Gasteiger partial charge in [0.2, 0.25) is 5.78 Å². The second kappa shape index (κ2) is 6.33. The zero-order chi connectivity index (χ0) is 18.4. The Hall–Kier alpha value is -2.96. The van der Waals surface area contributed by atoms with E-state index in [4.69, 9.17) is 0 Å². The van der Waals surface area contributed by atoms with E-state index in [1.54, 1.807) is 11.0 Å². The van der Waals surface area contributed by atoms with Crippen molar-refractivity contribution in [1.29, 1.82) is 0 Å². The Bertz CT molecular complexity index is 976. The van der Waals surface area contributed by atoms with Gasteiger partial charge in [-0.2, -0.15) is 0 Å². The van der Waals surface area contributed by atoms with Gasteiger partial charge in [0, 0.05) is 43.0 Å². The lowest BCUT2D eigenvalue weighted by atomic mass is 10.0. The average molecular weight is 360 g/mol. The van der Waals surface area contributed by atoms with Crippen LogP contribution in [0.15, 0.2) is 54.2 Å². The third-order valence-corrected chi connectivity index (χ3v) is 5.38. The van der Waals surface area contributed by atoms with Crippen molar-refractivity contribution in [3.05, 3.63) is 65.4 Å². The van der Waals surface area contributed by atoms with Crippen molar-refractivity contribution in [2.24, 2.45) is 0 Å². The van der Waals surface area contributed by atoms with Crippen LogP contribution in [0.25, 0.3) is 5.57 Å². The zero-order valence-electron chi connectivity index (χ0n) is 14.9. The molecule has 3 heterocycles. The number of nitrogens with zero attached hydrogens (tertiary/aromatic N) is 2. The molecule has 136 valence electrons. The molecule has 0 saturated carbocycles. The Morgan fingerprint density at radius 1 is 0.889 bits per heavy atom. The molecule has 2 aromatic rings. The van der Waals surface area contributed by atoms with Crippen LogP contribution in [-0.2, 0) is 4.79 Å². The Morgan fingerprint density at radius 2 is 1.59 bits per heavy atom. The molecule has 1 fully saturated rings. The molecule has 0 unspecified atom stereocenters. The van der Waals surface area contributed by atoms with Crippen molar-refractivity contribution in [2.45, 2.75) is 0 Å². The van der Waals surface area contributed by atoms with Gasteiger partial charge >= 0.3 is 0 Å². The number of hydrogen-bond donors (Lipinski definition) is 2. The SMILES string of the molecule is O=C1/C(=C2/C(=O)N(CN3CCNCC3)c3ccccc32)Nc2ccccc21. The third-order valence-electron chi connectivity index (χ3n) is 5.38. The highest BCUT2D eigenvalue weighted by molar-refractivity contribution is 6.39. The standard InChI is InChI=1S/C21H20N4O2/c26-20-14-5-1-3-7-16(14)23-19(20)18-15-6-2-4-8-17(15)25(21(18)27)13-24-11-9-22-10-12-24/h1-8,22-23H,9-13H2/b19-18-. The number of carbonyl (C=O) groups excluding carboxylic acids is 2. The van der Waals surface area contributed by atoms with Gasteiger partial charge in [0.05, 0.1) is 17.9 Å². The van der Waals surface area contributed by atoms with Crippen molar-refractivity contribution in [1.82, 2.24) is 10.2 Å². The average Bonchev–Trinajstić information content (AvgIpc) is 3.18. The molecule has 0 bridgehead atoms. The highest BCUT2D eigenvalue weighted by Crippen LogP contribution is 2.41.